The molecule has 2 N–H and O–H groups in total. The summed E-state index contributed by atoms with van der Waals surface area (Å²) in [6, 6.07) is 0. The first kappa shape index (κ1) is 23.1. The summed E-state index contributed by atoms with van der Waals surface area (Å²) in [6.07, 6.45) is 13.8. The van der Waals surface area contributed by atoms with Crippen molar-refractivity contribution in [3.63, 3.8) is 0 Å². The van der Waals surface area contributed by atoms with Crippen LogP contribution < -0.4 is 0 Å². The topological polar surface area (TPSA) is 91.7 Å². The first-order valence-electron chi connectivity index (χ1n) is 9.26. The maximum Gasteiger partial charge on any atom is 0.303 e. The number of hydrogen-bond acceptors (Lipinski definition) is 3. The number of hydrogen-bond donors (Lipinski definition) is 2. The van der Waals surface area contributed by atoms with E-state index in [1.54, 1.807) is 6.08 Å². The van der Waals surface area contributed by atoms with Gasteiger partial charge in [0.15, 0.2) is 0 Å². The van der Waals surface area contributed by atoms with Gasteiger partial charge in [-0.3, -0.25) is 9.35 Å². The van der Waals surface area contributed by atoms with Crippen molar-refractivity contribution in [1.29, 1.82) is 0 Å². The summed E-state index contributed by atoms with van der Waals surface area (Å²) >= 11 is 0. The van der Waals surface area contributed by atoms with E-state index in [-0.39, 0.29) is 11.3 Å². The molecule has 0 aromatic rings. The van der Waals surface area contributed by atoms with Crippen molar-refractivity contribution >= 4 is 16.1 Å². The highest BCUT2D eigenvalue weighted by molar-refractivity contribution is 7.89. The van der Waals surface area contributed by atoms with Crippen LogP contribution in [-0.4, -0.2) is 24.0 Å². The van der Waals surface area contributed by atoms with Gasteiger partial charge in [-0.1, -0.05) is 64.4 Å². The third-order valence-electron chi connectivity index (χ3n) is 4.07. The molecule has 142 valence electrons. The Morgan fingerprint density at radius 2 is 1.33 bits per heavy atom. The van der Waals surface area contributed by atoms with E-state index in [1.165, 1.54) is 25.7 Å². The van der Waals surface area contributed by atoms with Gasteiger partial charge in [-0.25, -0.2) is 0 Å². The van der Waals surface area contributed by atoms with Gasteiger partial charge in [0.05, 0.1) is 4.91 Å². The smallest absolute Gasteiger partial charge is 0.303 e. The minimum absolute atomic E-state index is 0.140. The van der Waals surface area contributed by atoms with Gasteiger partial charge < -0.3 is 5.11 Å². The third kappa shape index (κ3) is 14.7. The Balaban J connectivity index is 3.94. The quantitative estimate of drug-likeness (QED) is 0.286. The minimum Gasteiger partial charge on any atom is -0.481 e. The first-order valence-corrected chi connectivity index (χ1v) is 10.7. The molecule has 5 nitrogen and oxygen atoms in total. The molecule has 0 spiro atoms. The predicted molar refractivity (Wildman–Crippen MR) is 97.6 cm³/mol. The maximum absolute atomic E-state index is 11.4. The fourth-order valence-electron chi connectivity index (χ4n) is 2.63. The molecular weight excluding hydrogens is 328 g/mol. The third-order valence-corrected chi connectivity index (χ3v) is 5.11. The number of allylic oxidation sites excluding steroid dienone is 2. The fourth-order valence-corrected chi connectivity index (χ4v) is 3.36. The van der Waals surface area contributed by atoms with E-state index in [9.17, 15) is 17.8 Å². The molecule has 6 heteroatoms. The van der Waals surface area contributed by atoms with Crippen molar-refractivity contribution in [3.8, 4) is 0 Å². The SMILES string of the molecule is CCCCCCCC/C=C(/CCCCCCCC(=O)O)S(=O)(=O)O. The summed E-state index contributed by atoms with van der Waals surface area (Å²) in [5, 5.41) is 8.54. The zero-order chi connectivity index (χ0) is 18.3. The lowest BCUT2D eigenvalue weighted by atomic mass is 10.1. The van der Waals surface area contributed by atoms with Crippen LogP contribution in [0.5, 0.6) is 0 Å². The van der Waals surface area contributed by atoms with Gasteiger partial charge >= 0.3 is 5.97 Å². The number of aliphatic carboxylic acids is 1. The summed E-state index contributed by atoms with van der Waals surface area (Å²) in [4.78, 5) is 10.5. The Labute approximate surface area is 147 Å². The Morgan fingerprint density at radius 3 is 1.88 bits per heavy atom. The molecule has 0 unspecified atom stereocenters. The molecule has 0 aliphatic heterocycles. The van der Waals surface area contributed by atoms with E-state index in [0.717, 1.165) is 32.1 Å². The van der Waals surface area contributed by atoms with Crippen LogP contribution in [0.2, 0.25) is 0 Å². The van der Waals surface area contributed by atoms with Crippen LogP contribution in [0.15, 0.2) is 11.0 Å². The lowest BCUT2D eigenvalue weighted by molar-refractivity contribution is -0.137. The predicted octanol–water partition coefficient (Wildman–Crippen LogP) is 5.32. The Kier molecular flexibility index (Phi) is 13.9. The summed E-state index contributed by atoms with van der Waals surface area (Å²) in [5.41, 5.74) is 0. The molecule has 0 saturated carbocycles. The molecule has 0 heterocycles. The highest BCUT2D eigenvalue weighted by atomic mass is 32.2. The first-order chi connectivity index (χ1) is 11.4. The standard InChI is InChI=1S/C18H34O5S/c1-2-3-4-5-6-8-11-14-17(24(21,22)23)15-12-9-7-10-13-16-18(19)20/h14H,2-13,15-16H2,1H3,(H,19,20)(H,21,22,23)/b17-14-. The molecule has 0 atom stereocenters. The number of unbranched alkanes of at least 4 members (excludes halogenated alkanes) is 10. The average molecular weight is 363 g/mol. The maximum atomic E-state index is 11.4. The van der Waals surface area contributed by atoms with E-state index in [2.05, 4.69) is 6.92 Å². The molecule has 0 aromatic heterocycles. The van der Waals surface area contributed by atoms with Gasteiger partial charge in [-0.15, -0.1) is 0 Å². The van der Waals surface area contributed by atoms with Crippen molar-refractivity contribution in [3.05, 3.63) is 11.0 Å². The molecule has 0 bridgehead atoms. The molecule has 0 saturated heterocycles. The molecule has 0 radical (unpaired) electrons. The van der Waals surface area contributed by atoms with E-state index < -0.39 is 16.1 Å². The fraction of sp³-hybridized carbons (Fsp3) is 0.833. The summed E-state index contributed by atoms with van der Waals surface area (Å²) in [5.74, 6) is -0.777. The zero-order valence-electron chi connectivity index (χ0n) is 15.0. The average Bonchev–Trinajstić information content (AvgIpc) is 2.49. The van der Waals surface area contributed by atoms with E-state index in [0.29, 0.717) is 25.7 Å². The van der Waals surface area contributed by atoms with Crippen LogP contribution in [0.1, 0.15) is 96.8 Å². The highest BCUT2D eigenvalue weighted by Gasteiger charge is 2.12. The summed E-state index contributed by atoms with van der Waals surface area (Å²) in [7, 11) is -4.09. The molecule has 0 aromatic carbocycles. The van der Waals surface area contributed by atoms with Gasteiger partial charge in [0.25, 0.3) is 10.1 Å². The number of carboxylic acids is 1. The van der Waals surface area contributed by atoms with Gasteiger partial charge in [0.2, 0.25) is 0 Å². The van der Waals surface area contributed by atoms with Gasteiger partial charge in [-0.05, 0) is 32.1 Å². The second-order valence-corrected chi connectivity index (χ2v) is 7.84. The normalized spacial score (nSPS) is 12.5. The van der Waals surface area contributed by atoms with Crippen LogP contribution in [0, 0.1) is 0 Å². The molecule has 0 aliphatic carbocycles. The van der Waals surface area contributed by atoms with Crippen LogP contribution in [0.3, 0.4) is 0 Å². The molecule has 0 aliphatic rings. The molecule has 0 rings (SSSR count). The van der Waals surface area contributed by atoms with Crippen LogP contribution in [0.4, 0.5) is 0 Å². The van der Waals surface area contributed by atoms with E-state index in [4.69, 9.17) is 5.11 Å². The minimum atomic E-state index is -4.09. The van der Waals surface area contributed by atoms with Crippen LogP contribution in [-0.2, 0) is 14.9 Å². The van der Waals surface area contributed by atoms with E-state index >= 15 is 0 Å². The molecule has 0 fully saturated rings. The van der Waals surface area contributed by atoms with E-state index in [1.807, 2.05) is 0 Å². The van der Waals surface area contributed by atoms with Crippen molar-refractivity contribution in [2.24, 2.45) is 0 Å². The molecule has 24 heavy (non-hydrogen) atoms. The monoisotopic (exact) mass is 362 g/mol. The molecule has 0 amide bonds. The van der Waals surface area contributed by atoms with Gasteiger partial charge in [0.1, 0.15) is 0 Å². The van der Waals surface area contributed by atoms with Crippen LogP contribution >= 0.6 is 0 Å². The Hall–Kier alpha value is -0.880. The number of carbonyl (C=O) groups is 1. The largest absolute Gasteiger partial charge is 0.481 e. The summed E-state index contributed by atoms with van der Waals surface area (Å²) in [6.45, 7) is 2.17. The summed E-state index contributed by atoms with van der Waals surface area (Å²) < 4.78 is 32.1. The van der Waals surface area contributed by atoms with Crippen molar-refractivity contribution in [1.82, 2.24) is 0 Å². The van der Waals surface area contributed by atoms with Gasteiger partial charge in [0, 0.05) is 6.42 Å². The zero-order valence-corrected chi connectivity index (χ0v) is 15.8. The second kappa shape index (κ2) is 14.5. The number of carboxylic acid groups (broad SMARTS) is 1. The molecular formula is C18H34O5S. The Morgan fingerprint density at radius 1 is 0.833 bits per heavy atom. The number of rotatable bonds is 16. The van der Waals surface area contributed by atoms with Crippen LogP contribution in [0.25, 0.3) is 0 Å². The lowest BCUT2D eigenvalue weighted by Gasteiger charge is -2.05. The van der Waals surface area contributed by atoms with Gasteiger partial charge in [-0.2, -0.15) is 8.42 Å². The Bertz CT molecular complexity index is 454. The lowest BCUT2D eigenvalue weighted by Crippen LogP contribution is -2.02. The second-order valence-electron chi connectivity index (χ2n) is 6.36. The van der Waals surface area contributed by atoms with Crippen molar-refractivity contribution in [2.45, 2.75) is 96.8 Å². The van der Waals surface area contributed by atoms with Crippen molar-refractivity contribution in [2.75, 3.05) is 0 Å². The highest BCUT2D eigenvalue weighted by Crippen LogP contribution is 2.18. The van der Waals surface area contributed by atoms with Crippen molar-refractivity contribution < 1.29 is 22.9 Å².